The lowest BCUT2D eigenvalue weighted by Gasteiger charge is -2.10. The van der Waals surface area contributed by atoms with E-state index in [1.165, 1.54) is 12.1 Å². The lowest BCUT2D eigenvalue weighted by molar-refractivity contribution is 0.0692. The molecule has 0 unspecified atom stereocenters. The van der Waals surface area contributed by atoms with Crippen LogP contribution in [0.2, 0.25) is 0 Å². The maximum Gasteiger partial charge on any atom is 0.338 e. The lowest BCUT2D eigenvalue weighted by atomic mass is 10.1. The van der Waals surface area contributed by atoms with Gasteiger partial charge in [-0.15, -0.1) is 0 Å². The minimum absolute atomic E-state index is 0.112. The Labute approximate surface area is 123 Å². The summed E-state index contributed by atoms with van der Waals surface area (Å²) in [4.78, 5) is 10.8. The van der Waals surface area contributed by atoms with Crippen molar-refractivity contribution in [1.82, 2.24) is 0 Å². The maximum atomic E-state index is 13.2. The molecule has 0 heterocycles. The van der Waals surface area contributed by atoms with Crippen LogP contribution in [0.1, 0.15) is 15.9 Å². The van der Waals surface area contributed by atoms with Crippen molar-refractivity contribution in [1.29, 1.82) is 0 Å². The third-order valence-corrected chi connectivity index (χ3v) is 3.39. The molecule has 20 heavy (non-hydrogen) atoms. The predicted molar refractivity (Wildman–Crippen MR) is 76.5 cm³/mol. The topological polar surface area (TPSA) is 69.6 Å². The molecule has 0 aliphatic heterocycles. The van der Waals surface area contributed by atoms with E-state index in [0.29, 0.717) is 15.7 Å². The molecule has 2 aromatic rings. The molecule has 0 saturated heterocycles. The van der Waals surface area contributed by atoms with Crippen molar-refractivity contribution in [3.05, 3.63) is 57.8 Å². The first-order valence-corrected chi connectivity index (χ1v) is 6.51. The number of anilines is 1. The number of rotatable bonds is 4. The minimum Gasteiger partial charge on any atom is -0.506 e. The first-order chi connectivity index (χ1) is 9.49. The molecule has 0 aliphatic rings. The first kappa shape index (κ1) is 14.3. The Hall–Kier alpha value is -2.08. The smallest absolute Gasteiger partial charge is 0.338 e. The normalized spacial score (nSPS) is 10.3. The molecule has 2 aromatic carbocycles. The molecule has 0 fully saturated rings. The SMILES string of the molecule is O=C(O)c1cc(NCc2cccc(Br)c2O)ccc1F. The zero-order valence-corrected chi connectivity index (χ0v) is 11.8. The van der Waals surface area contributed by atoms with E-state index in [1.54, 1.807) is 18.2 Å². The van der Waals surface area contributed by atoms with Crippen molar-refractivity contribution < 1.29 is 19.4 Å². The fourth-order valence-electron chi connectivity index (χ4n) is 1.70. The number of carboxylic acid groups (broad SMARTS) is 1. The zero-order chi connectivity index (χ0) is 14.7. The summed E-state index contributed by atoms with van der Waals surface area (Å²) >= 11 is 3.21. The highest BCUT2D eigenvalue weighted by atomic mass is 79.9. The number of aromatic carboxylic acids is 1. The van der Waals surface area contributed by atoms with Crippen molar-refractivity contribution in [3.63, 3.8) is 0 Å². The monoisotopic (exact) mass is 339 g/mol. The Morgan fingerprint density at radius 3 is 2.75 bits per heavy atom. The number of benzene rings is 2. The summed E-state index contributed by atoms with van der Waals surface area (Å²) in [6.45, 7) is 0.288. The molecule has 0 radical (unpaired) electrons. The number of carboxylic acids is 1. The van der Waals surface area contributed by atoms with E-state index in [0.717, 1.165) is 6.07 Å². The summed E-state index contributed by atoms with van der Waals surface area (Å²) in [6.07, 6.45) is 0. The van der Waals surface area contributed by atoms with E-state index >= 15 is 0 Å². The molecular formula is C14H11BrFNO3. The molecule has 6 heteroatoms. The summed E-state index contributed by atoms with van der Waals surface area (Å²) in [5.74, 6) is -2.00. The fraction of sp³-hybridized carbons (Fsp3) is 0.0714. The van der Waals surface area contributed by atoms with Crippen molar-refractivity contribution in [2.45, 2.75) is 6.54 Å². The van der Waals surface area contributed by atoms with Gasteiger partial charge in [-0.3, -0.25) is 0 Å². The van der Waals surface area contributed by atoms with Gasteiger partial charge >= 0.3 is 5.97 Å². The van der Waals surface area contributed by atoms with Crippen LogP contribution in [0.5, 0.6) is 5.75 Å². The van der Waals surface area contributed by atoms with Crippen LogP contribution in [0.4, 0.5) is 10.1 Å². The largest absolute Gasteiger partial charge is 0.506 e. The van der Waals surface area contributed by atoms with Gasteiger partial charge in [-0.1, -0.05) is 12.1 Å². The average Bonchev–Trinajstić information content (AvgIpc) is 2.41. The van der Waals surface area contributed by atoms with Gasteiger partial charge in [0, 0.05) is 17.8 Å². The number of carbonyl (C=O) groups is 1. The molecule has 104 valence electrons. The summed E-state index contributed by atoms with van der Waals surface area (Å²) in [5, 5.41) is 21.6. The standard InChI is InChI=1S/C14H11BrFNO3/c15-11-3-1-2-8(13(11)18)7-17-9-4-5-12(16)10(6-9)14(19)20/h1-6,17-18H,7H2,(H,19,20). The molecule has 4 nitrogen and oxygen atoms in total. The van der Waals surface area contributed by atoms with Crippen LogP contribution in [-0.4, -0.2) is 16.2 Å². The molecule has 0 saturated carbocycles. The van der Waals surface area contributed by atoms with Crippen LogP contribution in [0.3, 0.4) is 0 Å². The van der Waals surface area contributed by atoms with Gasteiger partial charge in [0.1, 0.15) is 11.6 Å². The number of nitrogens with one attached hydrogen (secondary N) is 1. The number of halogens is 2. The third kappa shape index (κ3) is 3.08. The summed E-state index contributed by atoms with van der Waals surface area (Å²) in [7, 11) is 0. The van der Waals surface area contributed by atoms with E-state index < -0.39 is 17.3 Å². The van der Waals surface area contributed by atoms with E-state index in [1.807, 2.05) is 0 Å². The number of aromatic hydroxyl groups is 1. The number of hydrogen-bond donors (Lipinski definition) is 3. The molecule has 0 aromatic heterocycles. The summed E-state index contributed by atoms with van der Waals surface area (Å²) < 4.78 is 13.8. The van der Waals surface area contributed by atoms with Crippen molar-refractivity contribution in [2.24, 2.45) is 0 Å². The predicted octanol–water partition coefficient (Wildman–Crippen LogP) is 3.60. The molecule has 2 rings (SSSR count). The van der Waals surface area contributed by atoms with Gasteiger partial charge in [0.25, 0.3) is 0 Å². The molecular weight excluding hydrogens is 329 g/mol. The molecule has 0 aliphatic carbocycles. The second-order valence-corrected chi connectivity index (χ2v) is 4.96. The Morgan fingerprint density at radius 1 is 1.30 bits per heavy atom. The highest BCUT2D eigenvalue weighted by Crippen LogP contribution is 2.28. The second-order valence-electron chi connectivity index (χ2n) is 4.10. The van der Waals surface area contributed by atoms with E-state index in [-0.39, 0.29) is 12.3 Å². The number of para-hydroxylation sites is 1. The molecule has 3 N–H and O–H groups in total. The number of phenols is 1. The summed E-state index contributed by atoms with van der Waals surface area (Å²) in [6, 6.07) is 8.96. The van der Waals surface area contributed by atoms with E-state index in [4.69, 9.17) is 5.11 Å². The second kappa shape index (κ2) is 5.92. The highest BCUT2D eigenvalue weighted by Gasteiger charge is 2.11. The van der Waals surface area contributed by atoms with Crippen molar-refractivity contribution in [3.8, 4) is 5.75 Å². The quantitative estimate of drug-likeness (QED) is 0.795. The fourth-order valence-corrected chi connectivity index (χ4v) is 2.11. The Kier molecular flexibility index (Phi) is 4.24. The van der Waals surface area contributed by atoms with E-state index in [2.05, 4.69) is 21.2 Å². The van der Waals surface area contributed by atoms with Crippen LogP contribution in [0, 0.1) is 5.82 Å². The number of phenolic OH excluding ortho intramolecular Hbond substituents is 1. The van der Waals surface area contributed by atoms with Crippen LogP contribution in [0.25, 0.3) is 0 Å². The zero-order valence-electron chi connectivity index (χ0n) is 10.2. The highest BCUT2D eigenvalue weighted by molar-refractivity contribution is 9.10. The molecule has 0 spiro atoms. The van der Waals surface area contributed by atoms with Crippen molar-refractivity contribution in [2.75, 3.05) is 5.32 Å². The van der Waals surface area contributed by atoms with Crippen LogP contribution < -0.4 is 5.32 Å². The third-order valence-electron chi connectivity index (χ3n) is 2.75. The van der Waals surface area contributed by atoms with Gasteiger partial charge < -0.3 is 15.5 Å². The van der Waals surface area contributed by atoms with Gasteiger partial charge in [0.15, 0.2) is 0 Å². The molecule has 0 bridgehead atoms. The average molecular weight is 340 g/mol. The van der Waals surface area contributed by atoms with Crippen molar-refractivity contribution >= 4 is 27.6 Å². The maximum absolute atomic E-state index is 13.2. The van der Waals surface area contributed by atoms with Gasteiger partial charge in [0.05, 0.1) is 10.0 Å². The number of hydrogen-bond acceptors (Lipinski definition) is 3. The Bertz CT molecular complexity index is 661. The lowest BCUT2D eigenvalue weighted by Crippen LogP contribution is -2.04. The Balaban J connectivity index is 2.17. The summed E-state index contributed by atoms with van der Waals surface area (Å²) in [5.41, 5.74) is 0.706. The van der Waals surface area contributed by atoms with Gasteiger partial charge in [0.2, 0.25) is 0 Å². The first-order valence-electron chi connectivity index (χ1n) is 5.72. The van der Waals surface area contributed by atoms with Crippen LogP contribution >= 0.6 is 15.9 Å². The van der Waals surface area contributed by atoms with E-state index in [9.17, 15) is 14.3 Å². The molecule has 0 atom stereocenters. The van der Waals surface area contributed by atoms with Crippen LogP contribution in [-0.2, 0) is 6.54 Å². The van der Waals surface area contributed by atoms with Crippen LogP contribution in [0.15, 0.2) is 40.9 Å². The molecule has 0 amide bonds. The van der Waals surface area contributed by atoms with Gasteiger partial charge in [-0.25, -0.2) is 9.18 Å². The Morgan fingerprint density at radius 2 is 2.05 bits per heavy atom. The van der Waals surface area contributed by atoms with Gasteiger partial charge in [-0.05, 0) is 40.2 Å². The van der Waals surface area contributed by atoms with Gasteiger partial charge in [-0.2, -0.15) is 0 Å². The minimum atomic E-state index is -1.32.